The summed E-state index contributed by atoms with van der Waals surface area (Å²) in [5, 5.41) is 2.92. The third-order valence-corrected chi connectivity index (χ3v) is 6.49. The number of nitrogens with one attached hydrogen (secondary N) is 1. The zero-order valence-electron chi connectivity index (χ0n) is 14.6. The van der Waals surface area contributed by atoms with Crippen LogP contribution in [0.4, 0.5) is 5.69 Å². The molecule has 1 aliphatic rings. The Morgan fingerprint density at radius 2 is 1.73 bits per heavy atom. The lowest BCUT2D eigenvalue weighted by molar-refractivity contribution is -0.120. The predicted molar refractivity (Wildman–Crippen MR) is 102 cm³/mol. The SMILES string of the molecule is NC1CCCC(C(=O)Nc2ccccc2CS(=O)(=O)c2ccccc2)C1. The first kappa shape index (κ1) is 18.6. The van der Waals surface area contributed by atoms with Gasteiger partial charge < -0.3 is 11.1 Å². The van der Waals surface area contributed by atoms with Gasteiger partial charge in [0, 0.05) is 17.6 Å². The molecule has 0 spiro atoms. The number of amides is 1. The van der Waals surface area contributed by atoms with Gasteiger partial charge in [-0.15, -0.1) is 0 Å². The number of hydrogen-bond acceptors (Lipinski definition) is 4. The molecule has 1 aliphatic carbocycles. The number of carbonyl (C=O) groups is 1. The Morgan fingerprint density at radius 1 is 1.04 bits per heavy atom. The third kappa shape index (κ3) is 4.51. The first-order valence-electron chi connectivity index (χ1n) is 8.88. The molecule has 26 heavy (non-hydrogen) atoms. The number of para-hydroxylation sites is 1. The Balaban J connectivity index is 1.77. The van der Waals surface area contributed by atoms with Crippen LogP contribution in [0.2, 0.25) is 0 Å². The van der Waals surface area contributed by atoms with Gasteiger partial charge in [-0.2, -0.15) is 0 Å². The van der Waals surface area contributed by atoms with E-state index in [9.17, 15) is 13.2 Å². The minimum Gasteiger partial charge on any atom is -0.328 e. The molecular formula is C20H24N2O3S. The van der Waals surface area contributed by atoms with Gasteiger partial charge in [0.15, 0.2) is 9.84 Å². The van der Waals surface area contributed by atoms with Crippen LogP contribution in [0.3, 0.4) is 0 Å². The highest BCUT2D eigenvalue weighted by Gasteiger charge is 2.26. The second-order valence-corrected chi connectivity index (χ2v) is 8.83. The molecule has 1 amide bonds. The number of nitrogens with two attached hydrogens (primary N) is 1. The van der Waals surface area contributed by atoms with Crippen molar-refractivity contribution in [1.82, 2.24) is 0 Å². The molecule has 0 saturated heterocycles. The van der Waals surface area contributed by atoms with Crippen molar-refractivity contribution >= 4 is 21.4 Å². The van der Waals surface area contributed by atoms with Crippen molar-refractivity contribution in [3.8, 4) is 0 Å². The number of hydrogen-bond donors (Lipinski definition) is 2. The molecular weight excluding hydrogens is 348 g/mol. The first-order valence-corrected chi connectivity index (χ1v) is 10.5. The summed E-state index contributed by atoms with van der Waals surface area (Å²) < 4.78 is 25.3. The van der Waals surface area contributed by atoms with Gasteiger partial charge in [-0.3, -0.25) is 4.79 Å². The zero-order chi connectivity index (χ0) is 18.6. The summed E-state index contributed by atoms with van der Waals surface area (Å²) in [7, 11) is -3.48. The number of carbonyl (C=O) groups excluding carboxylic acids is 1. The molecule has 3 rings (SSSR count). The van der Waals surface area contributed by atoms with Crippen molar-refractivity contribution in [2.45, 2.75) is 42.4 Å². The molecule has 2 aromatic rings. The Bertz CT molecular complexity index is 866. The van der Waals surface area contributed by atoms with Gasteiger partial charge in [-0.1, -0.05) is 42.8 Å². The number of rotatable bonds is 5. The Labute approximate surface area is 154 Å². The largest absolute Gasteiger partial charge is 0.328 e. The fourth-order valence-corrected chi connectivity index (χ4v) is 4.78. The fourth-order valence-electron chi connectivity index (χ4n) is 3.38. The van der Waals surface area contributed by atoms with Gasteiger partial charge in [-0.05, 0) is 43.0 Å². The number of benzene rings is 2. The normalized spacial score (nSPS) is 20.5. The van der Waals surface area contributed by atoms with Gasteiger partial charge in [0.2, 0.25) is 5.91 Å². The van der Waals surface area contributed by atoms with E-state index in [1.54, 1.807) is 54.6 Å². The van der Waals surface area contributed by atoms with Crippen LogP contribution in [-0.2, 0) is 20.4 Å². The van der Waals surface area contributed by atoms with Crippen molar-refractivity contribution in [3.63, 3.8) is 0 Å². The molecule has 2 unspecified atom stereocenters. The van der Waals surface area contributed by atoms with E-state index in [4.69, 9.17) is 5.73 Å². The summed E-state index contributed by atoms with van der Waals surface area (Å²) >= 11 is 0. The van der Waals surface area contributed by atoms with Crippen LogP contribution in [0.25, 0.3) is 0 Å². The topological polar surface area (TPSA) is 89.3 Å². The van der Waals surface area contributed by atoms with Gasteiger partial charge in [0.05, 0.1) is 10.6 Å². The molecule has 138 valence electrons. The average Bonchev–Trinajstić information content (AvgIpc) is 2.64. The van der Waals surface area contributed by atoms with E-state index in [2.05, 4.69) is 5.32 Å². The predicted octanol–water partition coefficient (Wildman–Crippen LogP) is 3.12. The quantitative estimate of drug-likeness (QED) is 0.844. The monoisotopic (exact) mass is 372 g/mol. The smallest absolute Gasteiger partial charge is 0.227 e. The van der Waals surface area contributed by atoms with Crippen LogP contribution < -0.4 is 11.1 Å². The van der Waals surface area contributed by atoms with E-state index >= 15 is 0 Å². The van der Waals surface area contributed by atoms with Gasteiger partial charge in [0.1, 0.15) is 0 Å². The Hall–Kier alpha value is -2.18. The molecule has 6 heteroatoms. The molecule has 0 aliphatic heterocycles. The van der Waals surface area contributed by atoms with E-state index in [0.717, 1.165) is 19.3 Å². The second-order valence-electron chi connectivity index (χ2n) is 6.84. The second kappa shape index (κ2) is 8.01. The average molecular weight is 372 g/mol. The van der Waals surface area contributed by atoms with Crippen LogP contribution in [0.5, 0.6) is 0 Å². The maximum atomic E-state index is 12.7. The lowest BCUT2D eigenvalue weighted by Gasteiger charge is -2.26. The molecule has 2 atom stereocenters. The molecule has 3 N–H and O–H groups in total. The third-order valence-electron chi connectivity index (χ3n) is 4.81. The highest BCUT2D eigenvalue weighted by molar-refractivity contribution is 7.90. The summed E-state index contributed by atoms with van der Waals surface area (Å²) in [5.74, 6) is -0.347. The van der Waals surface area contributed by atoms with Crippen LogP contribution in [0.1, 0.15) is 31.2 Å². The highest BCUT2D eigenvalue weighted by Crippen LogP contribution is 2.27. The molecule has 1 saturated carbocycles. The Kier molecular flexibility index (Phi) is 5.74. The van der Waals surface area contributed by atoms with Crippen molar-refractivity contribution < 1.29 is 13.2 Å². The van der Waals surface area contributed by atoms with E-state index in [-0.39, 0.29) is 28.5 Å². The van der Waals surface area contributed by atoms with E-state index < -0.39 is 9.84 Å². The molecule has 5 nitrogen and oxygen atoms in total. The summed E-state index contributed by atoms with van der Waals surface area (Å²) in [6.07, 6.45) is 3.40. The zero-order valence-corrected chi connectivity index (χ0v) is 15.4. The molecule has 1 fully saturated rings. The fraction of sp³-hybridized carbons (Fsp3) is 0.350. The van der Waals surface area contributed by atoms with Crippen LogP contribution in [0.15, 0.2) is 59.5 Å². The van der Waals surface area contributed by atoms with Crippen molar-refractivity contribution in [1.29, 1.82) is 0 Å². The summed E-state index contributed by atoms with van der Waals surface area (Å²) in [6.45, 7) is 0. The van der Waals surface area contributed by atoms with E-state index in [1.165, 1.54) is 0 Å². The minimum atomic E-state index is -3.48. The number of sulfone groups is 1. The summed E-state index contributed by atoms with van der Waals surface area (Å²) in [5.41, 5.74) is 7.11. The summed E-state index contributed by atoms with van der Waals surface area (Å²) in [6, 6.07) is 15.5. The maximum Gasteiger partial charge on any atom is 0.227 e. The highest BCUT2D eigenvalue weighted by atomic mass is 32.2. The lowest BCUT2D eigenvalue weighted by atomic mass is 9.85. The summed E-state index contributed by atoms with van der Waals surface area (Å²) in [4.78, 5) is 12.9. The van der Waals surface area contributed by atoms with Crippen LogP contribution >= 0.6 is 0 Å². The minimum absolute atomic E-state index is 0.0632. The van der Waals surface area contributed by atoms with Crippen LogP contribution in [-0.4, -0.2) is 20.4 Å². The van der Waals surface area contributed by atoms with Gasteiger partial charge >= 0.3 is 0 Å². The standard InChI is InChI=1S/C20H24N2O3S/c21-17-9-6-8-15(13-17)20(23)22-19-12-5-4-7-16(19)14-26(24,25)18-10-2-1-3-11-18/h1-5,7,10-12,15,17H,6,8-9,13-14,21H2,(H,22,23). The molecule has 0 radical (unpaired) electrons. The lowest BCUT2D eigenvalue weighted by Crippen LogP contribution is -2.34. The van der Waals surface area contributed by atoms with Crippen molar-refractivity contribution in [2.75, 3.05) is 5.32 Å². The molecule has 0 bridgehead atoms. The number of anilines is 1. The first-order chi connectivity index (χ1) is 12.5. The van der Waals surface area contributed by atoms with E-state index in [1.807, 2.05) is 0 Å². The molecule has 0 heterocycles. The van der Waals surface area contributed by atoms with Crippen molar-refractivity contribution in [2.24, 2.45) is 11.7 Å². The van der Waals surface area contributed by atoms with Gasteiger partial charge in [0.25, 0.3) is 0 Å². The maximum absolute atomic E-state index is 12.7. The molecule has 0 aromatic heterocycles. The van der Waals surface area contributed by atoms with Crippen molar-refractivity contribution in [3.05, 3.63) is 60.2 Å². The Morgan fingerprint density at radius 3 is 2.46 bits per heavy atom. The molecule has 2 aromatic carbocycles. The van der Waals surface area contributed by atoms with Crippen LogP contribution in [0, 0.1) is 5.92 Å². The van der Waals surface area contributed by atoms with E-state index in [0.29, 0.717) is 17.7 Å². The van der Waals surface area contributed by atoms with Gasteiger partial charge in [-0.25, -0.2) is 8.42 Å².